The van der Waals surface area contributed by atoms with Crippen molar-refractivity contribution in [2.24, 2.45) is 0 Å². The summed E-state index contributed by atoms with van der Waals surface area (Å²) in [5, 5.41) is 37.1. The lowest BCUT2D eigenvalue weighted by Crippen LogP contribution is -2.49. The van der Waals surface area contributed by atoms with Crippen LogP contribution in [0.15, 0.2) is 83.8 Å². The van der Waals surface area contributed by atoms with Crippen molar-refractivity contribution in [1.29, 1.82) is 0 Å². The van der Waals surface area contributed by atoms with E-state index in [9.17, 15) is 24.0 Å². The van der Waals surface area contributed by atoms with Gasteiger partial charge in [-0.1, -0.05) is 60.7 Å². The van der Waals surface area contributed by atoms with Crippen LogP contribution in [0.25, 0.3) is 0 Å². The maximum atomic E-state index is 13.0. The van der Waals surface area contributed by atoms with Crippen molar-refractivity contribution in [3.05, 3.63) is 95.6 Å². The second-order valence-electron chi connectivity index (χ2n) is 11.6. The number of carboxylic acid groups (broad SMARTS) is 3. The molecule has 260 valence electrons. The molecule has 3 aromatic rings. The lowest BCUT2D eigenvalue weighted by molar-refractivity contribution is -0.170. The van der Waals surface area contributed by atoms with E-state index in [0.29, 0.717) is 25.3 Å². The molecule has 13 nitrogen and oxygen atoms in total. The number of benzene rings is 3. The number of thioether (sulfide) groups is 1. The first kappa shape index (κ1) is 36.9. The van der Waals surface area contributed by atoms with Crippen LogP contribution in [0, 0.1) is 0 Å². The zero-order chi connectivity index (χ0) is 35.4. The number of piperazine rings is 1. The van der Waals surface area contributed by atoms with Crippen LogP contribution < -0.4 is 10.1 Å². The summed E-state index contributed by atoms with van der Waals surface area (Å²) in [4.78, 5) is 61.2. The number of aliphatic hydroxyl groups is 1. The van der Waals surface area contributed by atoms with Crippen LogP contribution in [0.5, 0.6) is 5.75 Å². The number of para-hydroxylation sites is 1. The van der Waals surface area contributed by atoms with Gasteiger partial charge < -0.3 is 35.4 Å². The van der Waals surface area contributed by atoms with Crippen molar-refractivity contribution in [3.8, 4) is 5.75 Å². The van der Waals surface area contributed by atoms with Crippen molar-refractivity contribution in [3.63, 3.8) is 0 Å². The minimum Gasteiger partial charge on any atom is -0.481 e. The number of ether oxygens (including phenoxy) is 1. The number of nitrogens with one attached hydrogen (secondary N) is 1. The van der Waals surface area contributed by atoms with Crippen LogP contribution >= 0.6 is 11.8 Å². The maximum absolute atomic E-state index is 13.0. The van der Waals surface area contributed by atoms with E-state index in [1.807, 2.05) is 42.1 Å². The molecule has 0 bridgehead atoms. The molecular weight excluding hydrogens is 654 g/mol. The van der Waals surface area contributed by atoms with E-state index in [-0.39, 0.29) is 18.0 Å². The average Bonchev–Trinajstić information content (AvgIpc) is 3.22. The first-order valence-corrected chi connectivity index (χ1v) is 16.7. The Hall–Kier alpha value is -4.92. The van der Waals surface area contributed by atoms with Gasteiger partial charge in [0.1, 0.15) is 5.75 Å². The van der Waals surface area contributed by atoms with Gasteiger partial charge in [-0.05, 0) is 47.9 Å². The highest BCUT2D eigenvalue weighted by Crippen LogP contribution is 2.39. The van der Waals surface area contributed by atoms with Gasteiger partial charge in [0.05, 0.1) is 18.9 Å². The zero-order valence-corrected chi connectivity index (χ0v) is 27.5. The number of rotatable bonds is 11. The van der Waals surface area contributed by atoms with Gasteiger partial charge in [0.25, 0.3) is 0 Å². The first-order chi connectivity index (χ1) is 23.4. The second-order valence-corrected chi connectivity index (χ2v) is 12.6. The van der Waals surface area contributed by atoms with E-state index in [0.717, 1.165) is 31.8 Å². The standard InChI is InChI=1S/C29H31N3O3S.C6H8O7/c33-27(30-28-24-12-5-4-9-22(24)21-36-26-14-7-6-13-25(26)28)15-8-16-31-17-19-32(20-18-31)29(34)35-23-10-2-1-3-11-23;7-3(8)1-6(13,5(11)12)2-4(9)10/h1-7,9-14,28H,8,15-21H2,(H,30,33);13H,1-2H2,(H,7,8)(H,9,10)(H,11,12). The van der Waals surface area contributed by atoms with E-state index in [2.05, 4.69) is 46.6 Å². The molecule has 2 aliphatic heterocycles. The van der Waals surface area contributed by atoms with Crippen molar-refractivity contribution in [2.75, 3.05) is 32.7 Å². The third-order valence-corrected chi connectivity index (χ3v) is 9.17. The topological polar surface area (TPSA) is 194 Å². The van der Waals surface area contributed by atoms with Gasteiger partial charge in [0.2, 0.25) is 5.91 Å². The predicted molar refractivity (Wildman–Crippen MR) is 179 cm³/mol. The second kappa shape index (κ2) is 17.5. The number of carbonyl (C=O) groups is 5. The van der Waals surface area contributed by atoms with Gasteiger partial charge >= 0.3 is 24.0 Å². The first-order valence-electron chi connectivity index (χ1n) is 15.7. The highest BCUT2D eigenvalue weighted by Gasteiger charge is 2.40. The molecule has 0 saturated carbocycles. The van der Waals surface area contributed by atoms with Crippen molar-refractivity contribution >= 4 is 41.7 Å². The third kappa shape index (κ3) is 10.8. The van der Waals surface area contributed by atoms with Crippen molar-refractivity contribution in [1.82, 2.24) is 15.1 Å². The summed E-state index contributed by atoms with van der Waals surface area (Å²) in [5.74, 6) is -3.48. The molecule has 3 aromatic carbocycles. The van der Waals surface area contributed by atoms with Crippen LogP contribution in [0.1, 0.15) is 48.4 Å². The quantitative estimate of drug-likeness (QED) is 0.195. The van der Waals surface area contributed by atoms with Gasteiger partial charge in [0.15, 0.2) is 5.60 Å². The lowest BCUT2D eigenvalue weighted by Gasteiger charge is -2.34. The van der Waals surface area contributed by atoms with Crippen LogP contribution in [0.2, 0.25) is 0 Å². The van der Waals surface area contributed by atoms with E-state index < -0.39 is 36.4 Å². The van der Waals surface area contributed by atoms with Crippen LogP contribution in [-0.4, -0.2) is 98.5 Å². The number of hydrogen-bond acceptors (Lipinski definition) is 9. The largest absolute Gasteiger partial charge is 0.481 e. The number of aliphatic carboxylic acids is 3. The van der Waals surface area contributed by atoms with Crippen LogP contribution in [-0.2, 0) is 24.9 Å². The molecule has 1 fully saturated rings. The highest BCUT2D eigenvalue weighted by molar-refractivity contribution is 7.98. The molecule has 0 radical (unpaired) electrons. The number of fused-ring (bicyclic) bond motifs is 2. The fraction of sp³-hybridized carbons (Fsp3) is 0.343. The van der Waals surface area contributed by atoms with Gasteiger partial charge in [-0.25, -0.2) is 9.59 Å². The fourth-order valence-corrected chi connectivity index (χ4v) is 6.60. The Labute approximate surface area is 287 Å². The summed E-state index contributed by atoms with van der Waals surface area (Å²) in [5.41, 5.74) is 0.881. The molecular formula is C35H39N3O10S. The Bertz CT molecular complexity index is 1570. The average molecular weight is 694 g/mol. The van der Waals surface area contributed by atoms with Gasteiger partial charge in [-0.15, -0.1) is 11.8 Å². The molecule has 49 heavy (non-hydrogen) atoms. The van der Waals surface area contributed by atoms with Gasteiger partial charge in [0, 0.05) is 43.2 Å². The predicted octanol–water partition coefficient (Wildman–Crippen LogP) is 3.85. The minimum atomic E-state index is -2.74. The Kier molecular flexibility index (Phi) is 13.2. The van der Waals surface area contributed by atoms with Crippen LogP contribution in [0.3, 0.4) is 0 Å². The smallest absolute Gasteiger partial charge is 0.415 e. The number of nitrogens with zero attached hydrogens (tertiary/aromatic N) is 2. The zero-order valence-electron chi connectivity index (χ0n) is 26.7. The summed E-state index contributed by atoms with van der Waals surface area (Å²) >= 11 is 1.83. The van der Waals surface area contributed by atoms with Crippen molar-refractivity contribution < 1.29 is 49.1 Å². The van der Waals surface area contributed by atoms with Crippen molar-refractivity contribution in [2.45, 2.75) is 48.0 Å². The number of carbonyl (C=O) groups excluding carboxylic acids is 2. The Morgan fingerprint density at radius 3 is 2.02 bits per heavy atom. The lowest BCUT2D eigenvalue weighted by atomic mass is 9.95. The Morgan fingerprint density at radius 2 is 1.39 bits per heavy atom. The SMILES string of the molecule is O=C(CCCN1CCN(C(=O)Oc2ccccc2)CC1)NC1c2ccccc2CSc2ccccc21.O=C(O)CC(O)(CC(=O)O)C(=O)O. The molecule has 5 N–H and O–H groups in total. The number of amides is 2. The maximum Gasteiger partial charge on any atom is 0.415 e. The summed E-state index contributed by atoms with van der Waals surface area (Å²) in [6.45, 7) is 3.66. The van der Waals surface area contributed by atoms with Gasteiger partial charge in [-0.3, -0.25) is 19.3 Å². The summed E-state index contributed by atoms with van der Waals surface area (Å²) in [7, 11) is 0. The summed E-state index contributed by atoms with van der Waals surface area (Å²) in [6, 6.07) is 25.8. The molecule has 0 aromatic heterocycles. The summed E-state index contributed by atoms with van der Waals surface area (Å²) in [6.07, 6.45) is -1.33. The molecule has 0 aliphatic carbocycles. The van der Waals surface area contributed by atoms with E-state index in [1.165, 1.54) is 21.6 Å². The molecule has 2 heterocycles. The molecule has 2 aliphatic rings. The van der Waals surface area contributed by atoms with Crippen LogP contribution in [0.4, 0.5) is 4.79 Å². The molecule has 2 amide bonds. The third-order valence-electron chi connectivity index (χ3n) is 8.03. The van der Waals surface area contributed by atoms with E-state index in [4.69, 9.17) is 25.2 Å². The molecule has 1 unspecified atom stereocenters. The molecule has 14 heteroatoms. The number of carboxylic acids is 3. The minimum absolute atomic E-state index is 0.0709. The number of hydrogen-bond donors (Lipinski definition) is 5. The summed E-state index contributed by atoms with van der Waals surface area (Å²) < 4.78 is 5.45. The van der Waals surface area contributed by atoms with Gasteiger partial charge in [-0.2, -0.15) is 0 Å². The Balaban J connectivity index is 0.000000355. The molecule has 1 atom stereocenters. The van der Waals surface area contributed by atoms with E-state index >= 15 is 0 Å². The van der Waals surface area contributed by atoms with E-state index in [1.54, 1.807) is 17.0 Å². The fourth-order valence-electron chi connectivity index (χ4n) is 5.49. The Morgan fingerprint density at radius 1 is 0.796 bits per heavy atom. The molecule has 0 spiro atoms. The molecule has 5 rings (SSSR count). The highest BCUT2D eigenvalue weighted by atomic mass is 32.2. The molecule has 1 saturated heterocycles. The monoisotopic (exact) mass is 693 g/mol. The normalized spacial score (nSPS) is 15.7.